The molecule has 2 N–H and O–H groups in total. The second-order valence-electron chi connectivity index (χ2n) is 9.48. The molecular formula is C31H51F2N3O2. The van der Waals surface area contributed by atoms with Crippen molar-refractivity contribution in [1.29, 1.82) is 0 Å². The lowest BCUT2D eigenvalue weighted by molar-refractivity contribution is 0.176. The Morgan fingerprint density at radius 1 is 1.13 bits per heavy atom. The molecule has 1 aliphatic rings. The van der Waals surface area contributed by atoms with E-state index in [9.17, 15) is 18.7 Å². The number of carbonyl (C=O) groups excluding carboxylic acids is 1. The van der Waals surface area contributed by atoms with Gasteiger partial charge in [0.05, 0.1) is 12.2 Å². The summed E-state index contributed by atoms with van der Waals surface area (Å²) in [6, 6.07) is 3.72. The van der Waals surface area contributed by atoms with E-state index < -0.39 is 11.6 Å². The Labute approximate surface area is 230 Å². The summed E-state index contributed by atoms with van der Waals surface area (Å²) in [5.41, 5.74) is 3.41. The summed E-state index contributed by atoms with van der Waals surface area (Å²) in [6.07, 6.45) is 8.45. The van der Waals surface area contributed by atoms with Crippen LogP contribution in [0.25, 0.3) is 5.57 Å². The number of hydrogen-bond donors (Lipinski definition) is 2. The Hall–Kier alpha value is -2.54. The molecule has 0 saturated heterocycles. The molecule has 2 amide bonds. The van der Waals surface area contributed by atoms with Gasteiger partial charge >= 0.3 is 6.03 Å². The highest BCUT2D eigenvalue weighted by atomic mass is 19.1. The fourth-order valence-corrected chi connectivity index (χ4v) is 4.25. The molecule has 0 radical (unpaired) electrons. The summed E-state index contributed by atoms with van der Waals surface area (Å²) in [4.78, 5) is 18.2. The number of aliphatic hydroxyl groups excluding tert-OH is 1. The Kier molecular flexibility index (Phi) is 19.1. The maximum absolute atomic E-state index is 14.6. The zero-order chi connectivity index (χ0) is 29.1. The maximum atomic E-state index is 14.6. The summed E-state index contributed by atoms with van der Waals surface area (Å²) < 4.78 is 29.2. The normalized spacial score (nSPS) is 17.6. The van der Waals surface area contributed by atoms with E-state index in [4.69, 9.17) is 0 Å². The van der Waals surface area contributed by atoms with E-state index in [1.54, 1.807) is 19.0 Å². The number of halogens is 2. The minimum atomic E-state index is -0.572. The molecule has 2 rings (SSSR count). The SMILES string of the molecule is CC/C(C)=C(/C=C1/CCCC(CCN(CCO)C(=O)NC)C1=NC)c1c(F)cccc1F.CCC.CCC. The third kappa shape index (κ3) is 11.5. The number of aliphatic imine (C=N–C) groups is 1. The largest absolute Gasteiger partial charge is 0.395 e. The molecule has 1 atom stereocenters. The second-order valence-corrected chi connectivity index (χ2v) is 9.48. The molecule has 216 valence electrons. The highest BCUT2D eigenvalue weighted by Gasteiger charge is 2.26. The van der Waals surface area contributed by atoms with Crippen LogP contribution in [-0.4, -0.2) is 55.5 Å². The summed E-state index contributed by atoms with van der Waals surface area (Å²) in [5.74, 6) is -1.01. The summed E-state index contributed by atoms with van der Waals surface area (Å²) in [5, 5.41) is 11.9. The Morgan fingerprint density at radius 2 is 1.71 bits per heavy atom. The van der Waals surface area contributed by atoms with Gasteiger partial charge < -0.3 is 15.3 Å². The molecule has 5 nitrogen and oxygen atoms in total. The molecular weight excluding hydrogens is 484 g/mol. The molecule has 1 saturated carbocycles. The van der Waals surface area contributed by atoms with Gasteiger partial charge in [0, 0.05) is 38.8 Å². The molecule has 0 bridgehead atoms. The predicted molar refractivity (Wildman–Crippen MR) is 158 cm³/mol. The first-order valence-corrected chi connectivity index (χ1v) is 14.1. The third-order valence-electron chi connectivity index (χ3n) is 6.11. The van der Waals surface area contributed by atoms with Crippen molar-refractivity contribution in [2.75, 3.05) is 33.8 Å². The van der Waals surface area contributed by atoms with Crippen LogP contribution in [0.3, 0.4) is 0 Å². The van der Waals surface area contributed by atoms with E-state index in [-0.39, 0.29) is 30.7 Å². The standard InChI is InChI=1S/C25H35F2N3O2.2C3H8/c1-5-17(2)20(23-21(26)10-7-11-22(23)27)16-19-9-6-8-18(24(19)28-3)12-13-30(14-15-31)25(32)29-4;2*1-3-2/h7,10-11,16,18,31H,5-6,8-9,12-15H2,1-4H3,(H,29,32);2*3H2,1-2H3/b19-16-,20-17-,28-24?;;. The van der Waals surface area contributed by atoms with E-state index in [2.05, 4.69) is 38.0 Å². The molecule has 0 spiro atoms. The van der Waals surface area contributed by atoms with Crippen LogP contribution < -0.4 is 5.32 Å². The number of carbonyl (C=O) groups is 1. The minimum absolute atomic E-state index is 0.00524. The molecule has 0 aliphatic heterocycles. The molecule has 0 heterocycles. The average molecular weight is 536 g/mol. The van der Waals surface area contributed by atoms with Gasteiger partial charge in [0.15, 0.2) is 0 Å². The number of nitrogens with one attached hydrogen (secondary N) is 1. The van der Waals surface area contributed by atoms with Crippen LogP contribution >= 0.6 is 0 Å². The lowest BCUT2D eigenvalue weighted by Crippen LogP contribution is -2.41. The van der Waals surface area contributed by atoms with E-state index in [1.165, 1.54) is 31.0 Å². The minimum Gasteiger partial charge on any atom is -0.395 e. The van der Waals surface area contributed by atoms with E-state index in [0.29, 0.717) is 25.0 Å². The second kappa shape index (κ2) is 20.4. The number of benzene rings is 1. The van der Waals surface area contributed by atoms with E-state index >= 15 is 0 Å². The van der Waals surface area contributed by atoms with Crippen LogP contribution in [0.1, 0.15) is 92.1 Å². The van der Waals surface area contributed by atoms with Crippen LogP contribution in [-0.2, 0) is 0 Å². The molecule has 7 heteroatoms. The van der Waals surface area contributed by atoms with Gasteiger partial charge in [0.2, 0.25) is 0 Å². The van der Waals surface area contributed by atoms with Crippen LogP contribution in [0.2, 0.25) is 0 Å². The van der Waals surface area contributed by atoms with Gasteiger partial charge in [-0.1, -0.05) is 59.1 Å². The van der Waals surface area contributed by atoms with Crippen molar-refractivity contribution >= 4 is 17.3 Å². The molecule has 1 unspecified atom stereocenters. The fraction of sp³-hybridized carbons (Fsp3) is 0.613. The number of hydrogen-bond acceptors (Lipinski definition) is 3. The number of allylic oxidation sites excluding steroid dienone is 4. The van der Waals surface area contributed by atoms with Crippen molar-refractivity contribution in [3.63, 3.8) is 0 Å². The number of nitrogens with zero attached hydrogens (tertiary/aromatic N) is 2. The van der Waals surface area contributed by atoms with Gasteiger partial charge in [-0.15, -0.1) is 0 Å². The van der Waals surface area contributed by atoms with Gasteiger partial charge in [-0.25, -0.2) is 13.6 Å². The summed E-state index contributed by atoms with van der Waals surface area (Å²) >= 11 is 0. The first-order valence-electron chi connectivity index (χ1n) is 14.1. The topological polar surface area (TPSA) is 64.9 Å². The van der Waals surface area contributed by atoms with Crippen molar-refractivity contribution < 1.29 is 18.7 Å². The third-order valence-corrected chi connectivity index (χ3v) is 6.11. The zero-order valence-corrected chi connectivity index (χ0v) is 25.0. The van der Waals surface area contributed by atoms with Crippen molar-refractivity contribution in [1.82, 2.24) is 10.2 Å². The molecule has 1 fully saturated rings. The number of amides is 2. The fourth-order valence-electron chi connectivity index (χ4n) is 4.25. The molecule has 38 heavy (non-hydrogen) atoms. The molecule has 0 aromatic heterocycles. The van der Waals surface area contributed by atoms with Gasteiger partial charge in [-0.05, 0) is 68.4 Å². The highest BCUT2D eigenvalue weighted by molar-refractivity contribution is 6.04. The van der Waals surface area contributed by atoms with Crippen LogP contribution in [0.15, 0.2) is 40.4 Å². The summed E-state index contributed by atoms with van der Waals surface area (Å²) in [7, 11) is 3.31. The van der Waals surface area contributed by atoms with Gasteiger partial charge in [-0.2, -0.15) is 0 Å². The van der Waals surface area contributed by atoms with E-state index in [0.717, 1.165) is 36.1 Å². The van der Waals surface area contributed by atoms with Crippen LogP contribution in [0.5, 0.6) is 0 Å². The highest BCUT2D eigenvalue weighted by Crippen LogP contribution is 2.34. The Bertz CT molecular complexity index is 903. The first-order chi connectivity index (χ1) is 18.2. The van der Waals surface area contributed by atoms with Crippen molar-refractivity contribution in [2.45, 2.75) is 86.5 Å². The van der Waals surface area contributed by atoms with Gasteiger partial charge in [0.1, 0.15) is 11.6 Å². The van der Waals surface area contributed by atoms with Crippen molar-refractivity contribution in [3.05, 3.63) is 52.6 Å². The Balaban J connectivity index is 0.00000208. The Morgan fingerprint density at radius 3 is 2.18 bits per heavy atom. The lowest BCUT2D eigenvalue weighted by atomic mass is 9.80. The maximum Gasteiger partial charge on any atom is 0.317 e. The zero-order valence-electron chi connectivity index (χ0n) is 25.0. The number of urea groups is 1. The van der Waals surface area contributed by atoms with Crippen molar-refractivity contribution in [3.8, 4) is 0 Å². The molecule has 1 aromatic rings. The lowest BCUT2D eigenvalue weighted by Gasteiger charge is -2.29. The van der Waals surface area contributed by atoms with Gasteiger partial charge in [0.25, 0.3) is 0 Å². The molecule has 1 aliphatic carbocycles. The monoisotopic (exact) mass is 535 g/mol. The van der Waals surface area contributed by atoms with Crippen LogP contribution in [0.4, 0.5) is 13.6 Å². The number of rotatable bonds is 8. The van der Waals surface area contributed by atoms with Gasteiger partial charge in [-0.3, -0.25) is 4.99 Å². The average Bonchev–Trinajstić information content (AvgIpc) is 2.90. The molecule has 1 aromatic carbocycles. The van der Waals surface area contributed by atoms with E-state index in [1.807, 2.05) is 19.9 Å². The quantitative estimate of drug-likeness (QED) is 0.357. The predicted octanol–water partition coefficient (Wildman–Crippen LogP) is 7.80. The number of aliphatic hydroxyl groups is 1. The summed E-state index contributed by atoms with van der Waals surface area (Å²) in [6.45, 7) is 13.0. The van der Waals surface area contributed by atoms with Crippen LogP contribution in [0, 0.1) is 17.6 Å². The smallest absolute Gasteiger partial charge is 0.317 e. The van der Waals surface area contributed by atoms with Crippen molar-refractivity contribution in [2.24, 2.45) is 10.9 Å². The first kappa shape index (κ1) is 35.5.